The fourth-order valence-electron chi connectivity index (χ4n) is 2.62. The van der Waals surface area contributed by atoms with Gasteiger partial charge in [-0.05, 0) is 37.5 Å². The Morgan fingerprint density at radius 1 is 1.30 bits per heavy atom. The van der Waals surface area contributed by atoms with Gasteiger partial charge < -0.3 is 14.9 Å². The molecule has 1 aliphatic heterocycles. The van der Waals surface area contributed by atoms with Gasteiger partial charge in [0.2, 0.25) is 0 Å². The van der Waals surface area contributed by atoms with E-state index in [1.807, 2.05) is 12.1 Å². The van der Waals surface area contributed by atoms with Gasteiger partial charge in [-0.25, -0.2) is 0 Å². The average Bonchev–Trinajstić information content (AvgIpc) is 2.54. The smallest absolute Gasteiger partial charge is 0.303 e. The molecule has 0 amide bonds. The molecule has 1 aliphatic rings. The molecule has 5 heteroatoms. The van der Waals surface area contributed by atoms with Crippen LogP contribution < -0.4 is 9.80 Å². The maximum absolute atomic E-state index is 10.6. The third-order valence-electron chi connectivity index (χ3n) is 3.68. The quantitative estimate of drug-likeness (QED) is 0.847. The molecule has 20 heavy (non-hydrogen) atoms. The summed E-state index contributed by atoms with van der Waals surface area (Å²) in [7, 11) is 2.10. The van der Waals surface area contributed by atoms with Crippen molar-refractivity contribution in [2.45, 2.75) is 25.7 Å². The van der Waals surface area contributed by atoms with E-state index in [0.717, 1.165) is 49.6 Å². The van der Waals surface area contributed by atoms with E-state index in [0.29, 0.717) is 0 Å². The van der Waals surface area contributed by atoms with E-state index in [9.17, 15) is 4.79 Å². The molecule has 0 unspecified atom stereocenters. The van der Waals surface area contributed by atoms with Gasteiger partial charge >= 0.3 is 5.97 Å². The second kappa shape index (κ2) is 6.84. The number of aliphatic carboxylic acids is 1. The van der Waals surface area contributed by atoms with Crippen molar-refractivity contribution < 1.29 is 9.90 Å². The summed E-state index contributed by atoms with van der Waals surface area (Å²) in [6.45, 7) is 2.90. The normalized spacial score (nSPS) is 14.9. The third-order valence-corrected chi connectivity index (χ3v) is 3.91. The Kier molecular flexibility index (Phi) is 5.12. The fourth-order valence-corrected chi connectivity index (χ4v) is 2.79. The first-order valence-corrected chi connectivity index (χ1v) is 7.43. The SMILES string of the molecule is CN1CCCN(CCCCC(=O)O)c2cc(Cl)ccc21. The molecular formula is C15H21ClN2O2. The number of halogens is 1. The lowest BCUT2D eigenvalue weighted by Crippen LogP contribution is -2.25. The van der Waals surface area contributed by atoms with E-state index >= 15 is 0 Å². The number of fused-ring (bicyclic) bond motifs is 1. The molecule has 2 rings (SSSR count). The average molecular weight is 297 g/mol. The number of carboxylic acid groups (broad SMARTS) is 1. The second-order valence-electron chi connectivity index (χ2n) is 5.25. The molecule has 0 aliphatic carbocycles. The lowest BCUT2D eigenvalue weighted by molar-refractivity contribution is -0.137. The van der Waals surface area contributed by atoms with Crippen LogP contribution in [0, 0.1) is 0 Å². The van der Waals surface area contributed by atoms with Crippen molar-refractivity contribution >= 4 is 28.9 Å². The predicted octanol–water partition coefficient (Wildman–Crippen LogP) is 3.24. The minimum Gasteiger partial charge on any atom is -0.481 e. The molecule has 1 aromatic rings. The number of nitrogens with zero attached hydrogens (tertiary/aromatic N) is 2. The Bertz CT molecular complexity index is 479. The summed E-state index contributed by atoms with van der Waals surface area (Å²) in [6, 6.07) is 5.99. The van der Waals surface area contributed by atoms with Crippen molar-refractivity contribution in [1.29, 1.82) is 0 Å². The molecule has 0 aromatic heterocycles. The summed E-state index contributed by atoms with van der Waals surface area (Å²) in [5, 5.41) is 9.43. The molecule has 0 saturated carbocycles. The van der Waals surface area contributed by atoms with Gasteiger partial charge in [-0.15, -0.1) is 0 Å². The van der Waals surface area contributed by atoms with Crippen molar-refractivity contribution in [1.82, 2.24) is 0 Å². The van der Waals surface area contributed by atoms with Crippen LogP contribution in [0.2, 0.25) is 5.02 Å². The summed E-state index contributed by atoms with van der Waals surface area (Å²) >= 11 is 6.12. The Labute approximate surface area is 124 Å². The van der Waals surface area contributed by atoms with Crippen LogP contribution in [0.4, 0.5) is 11.4 Å². The van der Waals surface area contributed by atoms with Crippen LogP contribution in [-0.4, -0.2) is 37.8 Å². The van der Waals surface area contributed by atoms with Crippen LogP contribution in [-0.2, 0) is 4.79 Å². The van der Waals surface area contributed by atoms with Gasteiger partial charge in [0.15, 0.2) is 0 Å². The van der Waals surface area contributed by atoms with Gasteiger partial charge in [0.1, 0.15) is 0 Å². The Balaban J connectivity index is 2.07. The maximum atomic E-state index is 10.6. The number of unbranched alkanes of at least 4 members (excludes halogenated alkanes) is 1. The van der Waals surface area contributed by atoms with Crippen LogP contribution in [0.1, 0.15) is 25.7 Å². The van der Waals surface area contributed by atoms with Crippen LogP contribution in [0.25, 0.3) is 0 Å². The molecule has 1 N–H and O–H groups in total. The summed E-state index contributed by atoms with van der Waals surface area (Å²) in [6.07, 6.45) is 2.96. The van der Waals surface area contributed by atoms with Crippen molar-refractivity contribution in [3.63, 3.8) is 0 Å². The maximum Gasteiger partial charge on any atom is 0.303 e. The number of carboxylic acids is 1. The Morgan fingerprint density at radius 2 is 2.10 bits per heavy atom. The topological polar surface area (TPSA) is 43.8 Å². The molecule has 0 saturated heterocycles. The van der Waals surface area contributed by atoms with Crippen LogP contribution in [0.3, 0.4) is 0 Å². The highest BCUT2D eigenvalue weighted by atomic mass is 35.5. The van der Waals surface area contributed by atoms with Crippen LogP contribution in [0.5, 0.6) is 0 Å². The van der Waals surface area contributed by atoms with Crippen molar-refractivity contribution in [2.75, 3.05) is 36.5 Å². The molecule has 110 valence electrons. The number of rotatable bonds is 5. The molecule has 1 aromatic carbocycles. The van der Waals surface area contributed by atoms with E-state index in [-0.39, 0.29) is 6.42 Å². The second-order valence-corrected chi connectivity index (χ2v) is 5.68. The molecule has 1 heterocycles. The molecule has 0 spiro atoms. The molecule has 0 atom stereocenters. The van der Waals surface area contributed by atoms with Gasteiger partial charge in [0.05, 0.1) is 11.4 Å². The van der Waals surface area contributed by atoms with Crippen molar-refractivity contribution in [3.8, 4) is 0 Å². The Hall–Kier alpha value is -1.42. The zero-order valence-electron chi connectivity index (χ0n) is 11.8. The van der Waals surface area contributed by atoms with Gasteiger partial charge in [-0.1, -0.05) is 11.6 Å². The molecule has 0 fully saturated rings. The summed E-state index contributed by atoms with van der Waals surface area (Å²) in [5.41, 5.74) is 2.36. The van der Waals surface area contributed by atoms with Crippen molar-refractivity contribution in [3.05, 3.63) is 23.2 Å². The number of hydrogen-bond donors (Lipinski definition) is 1. The lowest BCUT2D eigenvalue weighted by atomic mass is 10.2. The fraction of sp³-hybridized carbons (Fsp3) is 0.533. The van der Waals surface area contributed by atoms with E-state index in [1.54, 1.807) is 0 Å². The van der Waals surface area contributed by atoms with Gasteiger partial charge in [0.25, 0.3) is 0 Å². The summed E-state index contributed by atoms with van der Waals surface area (Å²) < 4.78 is 0. The molecule has 0 bridgehead atoms. The zero-order valence-corrected chi connectivity index (χ0v) is 12.6. The first kappa shape index (κ1) is 15.0. The minimum atomic E-state index is -0.718. The highest BCUT2D eigenvalue weighted by molar-refractivity contribution is 6.31. The number of benzene rings is 1. The summed E-state index contributed by atoms with van der Waals surface area (Å²) in [5.74, 6) is -0.718. The van der Waals surface area contributed by atoms with E-state index < -0.39 is 5.97 Å². The monoisotopic (exact) mass is 296 g/mol. The Morgan fingerprint density at radius 3 is 2.85 bits per heavy atom. The highest BCUT2D eigenvalue weighted by Gasteiger charge is 2.18. The first-order chi connectivity index (χ1) is 9.58. The first-order valence-electron chi connectivity index (χ1n) is 7.05. The van der Waals surface area contributed by atoms with Crippen LogP contribution >= 0.6 is 11.6 Å². The lowest BCUT2D eigenvalue weighted by Gasteiger charge is -2.26. The third kappa shape index (κ3) is 3.79. The number of anilines is 2. The number of carbonyl (C=O) groups is 1. The van der Waals surface area contributed by atoms with Gasteiger partial charge in [0, 0.05) is 38.1 Å². The summed E-state index contributed by atoms with van der Waals surface area (Å²) in [4.78, 5) is 15.1. The largest absolute Gasteiger partial charge is 0.481 e. The van der Waals surface area contributed by atoms with E-state index in [4.69, 9.17) is 16.7 Å². The van der Waals surface area contributed by atoms with Gasteiger partial charge in [-0.3, -0.25) is 4.79 Å². The minimum absolute atomic E-state index is 0.246. The van der Waals surface area contributed by atoms with E-state index in [1.165, 1.54) is 5.69 Å². The van der Waals surface area contributed by atoms with Crippen LogP contribution in [0.15, 0.2) is 18.2 Å². The molecule has 4 nitrogen and oxygen atoms in total. The van der Waals surface area contributed by atoms with E-state index in [2.05, 4.69) is 22.9 Å². The standard InChI is InChI=1S/C15H21ClN2O2/c1-17-8-4-10-18(9-3-2-5-15(19)20)14-11-12(16)6-7-13(14)17/h6-7,11H,2-5,8-10H2,1H3,(H,19,20). The zero-order chi connectivity index (χ0) is 14.5. The molecule has 0 radical (unpaired) electrons. The number of hydrogen-bond acceptors (Lipinski definition) is 3. The highest BCUT2D eigenvalue weighted by Crippen LogP contribution is 2.34. The van der Waals surface area contributed by atoms with Crippen molar-refractivity contribution in [2.24, 2.45) is 0 Å². The van der Waals surface area contributed by atoms with Gasteiger partial charge in [-0.2, -0.15) is 0 Å². The predicted molar refractivity (Wildman–Crippen MR) is 83.0 cm³/mol. The molecular weight excluding hydrogens is 276 g/mol.